The minimum atomic E-state index is -0.0258. The van der Waals surface area contributed by atoms with Crippen LogP contribution >= 0.6 is 0 Å². The van der Waals surface area contributed by atoms with Crippen molar-refractivity contribution < 1.29 is 9.53 Å². The summed E-state index contributed by atoms with van der Waals surface area (Å²) in [5.74, 6) is 0.227. The number of rotatable bonds is 7. The maximum absolute atomic E-state index is 12.9. The topological polar surface area (TPSA) is 41.6 Å². The molecule has 1 saturated carbocycles. The first-order chi connectivity index (χ1) is 9.77. The van der Waals surface area contributed by atoms with Gasteiger partial charge in [0.1, 0.15) is 0 Å². The van der Waals surface area contributed by atoms with Crippen molar-refractivity contribution in [2.75, 3.05) is 26.3 Å². The van der Waals surface area contributed by atoms with Crippen LogP contribution in [0.1, 0.15) is 39.0 Å². The summed E-state index contributed by atoms with van der Waals surface area (Å²) in [6, 6.07) is 0.587. The summed E-state index contributed by atoms with van der Waals surface area (Å²) in [7, 11) is 0. The third kappa shape index (κ3) is 3.61. The number of hydrogen-bond acceptors (Lipinski definition) is 3. The first-order valence-corrected chi connectivity index (χ1v) is 8.00. The average molecular weight is 280 g/mol. The van der Waals surface area contributed by atoms with E-state index < -0.39 is 0 Å². The molecule has 2 aliphatic rings. The zero-order valence-corrected chi connectivity index (χ0v) is 12.6. The molecule has 0 aromatic heterocycles. The van der Waals surface area contributed by atoms with E-state index in [9.17, 15) is 4.79 Å². The molecule has 0 radical (unpaired) electrons. The van der Waals surface area contributed by atoms with Gasteiger partial charge < -0.3 is 15.0 Å². The molecule has 1 amide bonds. The van der Waals surface area contributed by atoms with Gasteiger partial charge in [-0.3, -0.25) is 4.79 Å². The average Bonchev–Trinajstić information content (AvgIpc) is 3.12. The molecule has 0 aromatic rings. The lowest BCUT2D eigenvalue weighted by Crippen LogP contribution is -2.49. The zero-order chi connectivity index (χ0) is 14.4. The normalized spacial score (nSPS) is 26.9. The van der Waals surface area contributed by atoms with Gasteiger partial charge in [-0.2, -0.15) is 0 Å². The fraction of sp³-hybridized carbons (Fsp3) is 0.812. The van der Waals surface area contributed by atoms with Gasteiger partial charge in [-0.15, -0.1) is 6.58 Å². The predicted molar refractivity (Wildman–Crippen MR) is 80.6 cm³/mol. The van der Waals surface area contributed by atoms with E-state index in [-0.39, 0.29) is 17.9 Å². The van der Waals surface area contributed by atoms with Crippen LogP contribution in [0.25, 0.3) is 0 Å². The van der Waals surface area contributed by atoms with Gasteiger partial charge in [0.25, 0.3) is 0 Å². The second kappa shape index (κ2) is 7.79. The summed E-state index contributed by atoms with van der Waals surface area (Å²) < 4.78 is 5.54. The molecular weight excluding hydrogens is 252 g/mol. The lowest BCUT2D eigenvalue weighted by atomic mass is 10.00. The molecule has 2 fully saturated rings. The van der Waals surface area contributed by atoms with Crippen molar-refractivity contribution in [2.24, 2.45) is 5.92 Å². The van der Waals surface area contributed by atoms with Gasteiger partial charge in [0.05, 0.1) is 19.1 Å². The summed E-state index contributed by atoms with van der Waals surface area (Å²) in [6.45, 7) is 8.78. The summed E-state index contributed by atoms with van der Waals surface area (Å²) in [5, 5.41) is 3.45. The van der Waals surface area contributed by atoms with Crippen LogP contribution in [-0.2, 0) is 9.53 Å². The van der Waals surface area contributed by atoms with Crippen LogP contribution in [0.5, 0.6) is 0 Å². The summed E-state index contributed by atoms with van der Waals surface area (Å²) in [5.41, 5.74) is 0. The SMILES string of the molecule is C=CCN(C(=O)C1COCC1NCCC)C1CCCC1. The quantitative estimate of drug-likeness (QED) is 0.725. The molecule has 2 unspecified atom stereocenters. The first-order valence-electron chi connectivity index (χ1n) is 8.00. The molecule has 0 bridgehead atoms. The monoisotopic (exact) mass is 280 g/mol. The van der Waals surface area contributed by atoms with Gasteiger partial charge >= 0.3 is 0 Å². The molecule has 0 aromatic carbocycles. The highest BCUT2D eigenvalue weighted by Gasteiger charge is 2.38. The lowest BCUT2D eigenvalue weighted by Gasteiger charge is -2.31. The highest BCUT2D eigenvalue weighted by atomic mass is 16.5. The van der Waals surface area contributed by atoms with E-state index in [1.807, 2.05) is 11.0 Å². The number of ether oxygens (including phenoxy) is 1. The molecule has 20 heavy (non-hydrogen) atoms. The number of carbonyl (C=O) groups is 1. The van der Waals surface area contributed by atoms with Crippen LogP contribution < -0.4 is 5.32 Å². The van der Waals surface area contributed by atoms with Gasteiger partial charge in [0.2, 0.25) is 5.91 Å². The van der Waals surface area contributed by atoms with E-state index in [1.54, 1.807) is 0 Å². The number of hydrogen-bond donors (Lipinski definition) is 1. The molecule has 1 saturated heterocycles. The second-order valence-electron chi connectivity index (χ2n) is 5.92. The van der Waals surface area contributed by atoms with Crippen LogP contribution in [0.4, 0.5) is 0 Å². The summed E-state index contributed by atoms with van der Waals surface area (Å²) in [6.07, 6.45) is 7.69. The van der Waals surface area contributed by atoms with Gasteiger partial charge in [-0.25, -0.2) is 0 Å². The molecule has 2 rings (SSSR count). The van der Waals surface area contributed by atoms with Crippen LogP contribution in [0, 0.1) is 5.92 Å². The standard InChI is InChI=1S/C16H28N2O2/c1-3-9-17-15-12-20-11-14(15)16(19)18(10-4-2)13-7-5-6-8-13/h4,13-15,17H,2-3,5-12H2,1H3. The number of amides is 1. The molecule has 2 atom stereocenters. The van der Waals surface area contributed by atoms with Gasteiger partial charge in [-0.05, 0) is 25.8 Å². The van der Waals surface area contributed by atoms with Gasteiger partial charge in [0.15, 0.2) is 0 Å². The Balaban J connectivity index is 1.99. The third-order valence-corrected chi connectivity index (χ3v) is 4.43. The van der Waals surface area contributed by atoms with Gasteiger partial charge in [0, 0.05) is 18.6 Å². The van der Waals surface area contributed by atoms with Gasteiger partial charge in [-0.1, -0.05) is 25.8 Å². The maximum atomic E-state index is 12.9. The third-order valence-electron chi connectivity index (χ3n) is 4.43. The number of nitrogens with zero attached hydrogens (tertiary/aromatic N) is 1. The van der Waals surface area contributed by atoms with E-state index >= 15 is 0 Å². The lowest BCUT2D eigenvalue weighted by molar-refractivity contribution is -0.137. The van der Waals surface area contributed by atoms with Crippen molar-refractivity contribution in [3.63, 3.8) is 0 Å². The molecule has 1 heterocycles. The second-order valence-corrected chi connectivity index (χ2v) is 5.92. The number of nitrogens with one attached hydrogen (secondary N) is 1. The zero-order valence-electron chi connectivity index (χ0n) is 12.6. The van der Waals surface area contributed by atoms with Crippen molar-refractivity contribution >= 4 is 5.91 Å². The molecule has 1 aliphatic carbocycles. The fourth-order valence-electron chi connectivity index (χ4n) is 3.32. The molecule has 4 nitrogen and oxygen atoms in total. The van der Waals surface area contributed by atoms with Crippen molar-refractivity contribution in [3.8, 4) is 0 Å². The Bertz CT molecular complexity index is 326. The molecule has 0 spiro atoms. The van der Waals surface area contributed by atoms with Crippen LogP contribution in [0.15, 0.2) is 12.7 Å². The van der Waals surface area contributed by atoms with Crippen LogP contribution in [-0.4, -0.2) is 49.2 Å². The first kappa shape index (κ1) is 15.5. The van der Waals surface area contributed by atoms with E-state index in [4.69, 9.17) is 4.74 Å². The Morgan fingerprint density at radius 3 is 2.80 bits per heavy atom. The Morgan fingerprint density at radius 2 is 2.15 bits per heavy atom. The van der Waals surface area contributed by atoms with Crippen molar-refractivity contribution in [1.29, 1.82) is 0 Å². The molecule has 1 aliphatic heterocycles. The molecule has 4 heteroatoms. The summed E-state index contributed by atoms with van der Waals surface area (Å²) in [4.78, 5) is 14.9. The Labute approximate surface area is 122 Å². The van der Waals surface area contributed by atoms with E-state index in [0.29, 0.717) is 25.8 Å². The van der Waals surface area contributed by atoms with Crippen molar-refractivity contribution in [2.45, 2.75) is 51.1 Å². The predicted octanol–water partition coefficient (Wildman–Crippen LogP) is 1.96. The number of carbonyl (C=O) groups excluding carboxylic acids is 1. The van der Waals surface area contributed by atoms with E-state index in [1.165, 1.54) is 12.8 Å². The smallest absolute Gasteiger partial charge is 0.230 e. The molecule has 1 N–H and O–H groups in total. The minimum absolute atomic E-state index is 0.0258. The van der Waals surface area contributed by atoms with Crippen LogP contribution in [0.3, 0.4) is 0 Å². The van der Waals surface area contributed by atoms with Crippen molar-refractivity contribution in [1.82, 2.24) is 10.2 Å². The van der Waals surface area contributed by atoms with E-state index in [2.05, 4.69) is 18.8 Å². The highest BCUT2D eigenvalue weighted by Crippen LogP contribution is 2.26. The van der Waals surface area contributed by atoms with Crippen LogP contribution in [0.2, 0.25) is 0 Å². The Morgan fingerprint density at radius 1 is 1.40 bits per heavy atom. The maximum Gasteiger partial charge on any atom is 0.230 e. The molecular formula is C16H28N2O2. The Kier molecular flexibility index (Phi) is 6.05. The molecule has 114 valence electrons. The Hall–Kier alpha value is -0.870. The highest BCUT2D eigenvalue weighted by molar-refractivity contribution is 5.80. The van der Waals surface area contributed by atoms with Crippen molar-refractivity contribution in [3.05, 3.63) is 12.7 Å². The summed E-state index contributed by atoms with van der Waals surface area (Å²) >= 11 is 0. The largest absolute Gasteiger partial charge is 0.379 e. The fourth-order valence-corrected chi connectivity index (χ4v) is 3.32. The van der Waals surface area contributed by atoms with E-state index in [0.717, 1.165) is 25.8 Å². The minimum Gasteiger partial charge on any atom is -0.379 e.